The predicted molar refractivity (Wildman–Crippen MR) is 132 cm³/mol. The Morgan fingerprint density at radius 1 is 1.08 bits per heavy atom. The summed E-state index contributed by atoms with van der Waals surface area (Å²) in [4.78, 5) is 6.20. The minimum Gasteiger partial charge on any atom is -0.492 e. The lowest BCUT2D eigenvalue weighted by Gasteiger charge is -2.34. The molecule has 3 aromatic rings. The molecule has 39 heavy (non-hydrogen) atoms. The van der Waals surface area contributed by atoms with Crippen molar-refractivity contribution >= 4 is 28.3 Å². The molecule has 0 spiro atoms. The molecule has 1 unspecified atom stereocenters. The number of halogens is 6. The van der Waals surface area contributed by atoms with Gasteiger partial charge in [0.1, 0.15) is 0 Å². The third kappa shape index (κ3) is 5.49. The Bertz CT molecular complexity index is 1550. The second kappa shape index (κ2) is 10.2. The van der Waals surface area contributed by atoms with Gasteiger partial charge in [-0.15, -0.1) is 0 Å². The van der Waals surface area contributed by atoms with Crippen molar-refractivity contribution in [3.8, 4) is 5.88 Å². The Morgan fingerprint density at radius 2 is 1.87 bits per heavy atom. The van der Waals surface area contributed by atoms with Gasteiger partial charge in [0.25, 0.3) is 0 Å². The maximum atomic E-state index is 14.0. The Labute approximate surface area is 221 Å². The topological polar surface area (TPSA) is 93.3 Å². The quantitative estimate of drug-likeness (QED) is 0.411. The molecule has 3 heterocycles. The van der Waals surface area contributed by atoms with Crippen LogP contribution in [-0.2, 0) is 18.8 Å². The van der Waals surface area contributed by atoms with Gasteiger partial charge in [0.05, 0.1) is 40.2 Å². The maximum absolute atomic E-state index is 14.0. The normalized spacial score (nSPS) is 18.2. The van der Waals surface area contributed by atoms with Gasteiger partial charge in [-0.1, -0.05) is 23.5 Å². The van der Waals surface area contributed by atoms with Crippen LogP contribution in [0.1, 0.15) is 27.1 Å². The number of anilines is 1. The van der Waals surface area contributed by atoms with E-state index in [0.29, 0.717) is 47.0 Å². The van der Waals surface area contributed by atoms with Crippen LogP contribution in [0.3, 0.4) is 0 Å². The Kier molecular flexibility index (Phi) is 7.11. The minimum absolute atomic E-state index is 0.103. The monoisotopic (exact) mass is 569 g/mol. The Morgan fingerprint density at radius 3 is 2.59 bits per heavy atom. The van der Waals surface area contributed by atoms with E-state index in [1.807, 2.05) is 0 Å². The minimum atomic E-state index is -5.05. The lowest BCUT2D eigenvalue weighted by Crippen LogP contribution is -2.53. The third-order valence-corrected chi connectivity index (χ3v) is 7.67. The maximum Gasteiger partial charge on any atom is 0.416 e. The number of nitrogens with one attached hydrogen (secondary N) is 1. The summed E-state index contributed by atoms with van der Waals surface area (Å²) in [5.41, 5.74) is -2.39. The van der Waals surface area contributed by atoms with Crippen LogP contribution >= 0.6 is 11.3 Å². The van der Waals surface area contributed by atoms with Gasteiger partial charge in [-0.2, -0.15) is 41.5 Å². The number of benzene rings is 2. The smallest absolute Gasteiger partial charge is 0.416 e. The van der Waals surface area contributed by atoms with Crippen molar-refractivity contribution < 1.29 is 36.6 Å². The van der Waals surface area contributed by atoms with Gasteiger partial charge in [0.15, 0.2) is 5.13 Å². The number of fused-ring (bicyclic) bond motifs is 1. The van der Waals surface area contributed by atoms with E-state index in [4.69, 9.17) is 0 Å². The van der Waals surface area contributed by atoms with E-state index in [-0.39, 0.29) is 29.2 Å². The molecule has 14 heteroatoms. The molecule has 2 aliphatic heterocycles. The van der Waals surface area contributed by atoms with Gasteiger partial charge < -0.3 is 20.4 Å². The van der Waals surface area contributed by atoms with Crippen LogP contribution in [0.2, 0.25) is 0 Å². The van der Waals surface area contributed by atoms with Crippen LogP contribution in [0.4, 0.5) is 31.5 Å². The molecule has 7 nitrogen and oxygen atoms in total. The van der Waals surface area contributed by atoms with Crippen LogP contribution in [0.25, 0.3) is 5.57 Å². The number of aliphatic hydroxyl groups excluding tert-OH is 1. The van der Waals surface area contributed by atoms with Crippen LogP contribution in [0.15, 0.2) is 46.6 Å². The summed E-state index contributed by atoms with van der Waals surface area (Å²) in [5, 5.41) is 32.9. The summed E-state index contributed by atoms with van der Waals surface area (Å²) < 4.78 is 81.6. The molecule has 2 aliphatic rings. The number of alkyl halides is 6. The molecule has 0 bridgehead atoms. The van der Waals surface area contributed by atoms with Gasteiger partial charge in [-0.25, -0.2) is 0 Å². The molecule has 1 aromatic heterocycles. The zero-order chi connectivity index (χ0) is 27.9. The highest BCUT2D eigenvalue weighted by Gasteiger charge is 2.38. The molecule has 0 aliphatic carbocycles. The first-order valence-electron chi connectivity index (χ1n) is 11.8. The molecule has 1 fully saturated rings. The van der Waals surface area contributed by atoms with E-state index >= 15 is 0 Å². The van der Waals surface area contributed by atoms with Crippen LogP contribution in [0, 0.1) is 0 Å². The highest BCUT2D eigenvalue weighted by molar-refractivity contribution is 7.17. The SMILES string of the molecule is OCC1CNCCN1c1nc(O)c(C(Cc2ccc(C(F)(F)F)cc2C(F)(F)F)=c2ccc3c(c2)C=NN=3)s1. The first-order chi connectivity index (χ1) is 18.5. The van der Waals surface area contributed by atoms with E-state index in [1.165, 1.54) is 6.21 Å². The van der Waals surface area contributed by atoms with E-state index in [9.17, 15) is 36.6 Å². The van der Waals surface area contributed by atoms with Crippen molar-refractivity contribution in [1.82, 2.24) is 10.3 Å². The molecule has 0 saturated carbocycles. The van der Waals surface area contributed by atoms with Crippen molar-refractivity contribution in [2.45, 2.75) is 24.8 Å². The second-order valence-corrected chi connectivity index (χ2v) is 10.0. The Balaban J connectivity index is 1.67. The second-order valence-electron chi connectivity index (χ2n) is 9.02. The number of aromatic hydroxyl groups is 1. The largest absolute Gasteiger partial charge is 0.492 e. The van der Waals surface area contributed by atoms with Crippen LogP contribution in [0.5, 0.6) is 5.88 Å². The van der Waals surface area contributed by atoms with Gasteiger partial charge in [0, 0.05) is 31.6 Å². The van der Waals surface area contributed by atoms with E-state index < -0.39 is 41.3 Å². The first-order valence-corrected chi connectivity index (χ1v) is 12.6. The number of hydrogen-bond donors (Lipinski definition) is 3. The Hall–Kier alpha value is -3.49. The number of rotatable bonds is 5. The molecule has 0 amide bonds. The zero-order valence-corrected chi connectivity index (χ0v) is 20.8. The molecular weight excluding hydrogens is 548 g/mol. The average Bonchev–Trinajstić information content (AvgIpc) is 3.52. The predicted octanol–water partition coefficient (Wildman–Crippen LogP) is 3.07. The van der Waals surface area contributed by atoms with Crippen molar-refractivity contribution in [3.05, 3.63) is 74.1 Å². The van der Waals surface area contributed by atoms with Crippen molar-refractivity contribution in [1.29, 1.82) is 0 Å². The highest BCUT2D eigenvalue weighted by atomic mass is 32.1. The fourth-order valence-corrected chi connectivity index (χ4v) is 5.68. The number of hydrogen-bond acceptors (Lipinski definition) is 8. The average molecular weight is 570 g/mol. The van der Waals surface area contributed by atoms with Crippen LogP contribution < -0.4 is 20.8 Å². The lowest BCUT2D eigenvalue weighted by atomic mass is 9.94. The number of piperazine rings is 1. The molecule has 1 atom stereocenters. The number of aromatic nitrogens is 1. The summed E-state index contributed by atoms with van der Waals surface area (Å²) in [6, 6.07) is 6.06. The molecule has 5 rings (SSSR count). The molecule has 2 aromatic carbocycles. The molecule has 206 valence electrons. The lowest BCUT2D eigenvalue weighted by molar-refractivity contribution is -0.143. The summed E-state index contributed by atoms with van der Waals surface area (Å²) in [7, 11) is 0. The fourth-order valence-electron chi connectivity index (χ4n) is 4.56. The fraction of sp³-hybridized carbons (Fsp3) is 0.320. The van der Waals surface area contributed by atoms with Crippen LogP contribution in [-0.4, -0.2) is 53.7 Å². The summed E-state index contributed by atoms with van der Waals surface area (Å²) in [5.74, 6) is -0.431. The highest BCUT2D eigenvalue weighted by Crippen LogP contribution is 2.41. The van der Waals surface area contributed by atoms with Gasteiger partial charge in [0.2, 0.25) is 5.88 Å². The van der Waals surface area contributed by atoms with Crippen molar-refractivity contribution in [2.24, 2.45) is 10.2 Å². The summed E-state index contributed by atoms with van der Waals surface area (Å²) >= 11 is 1.03. The van der Waals surface area contributed by atoms with Gasteiger partial charge in [-0.3, -0.25) is 0 Å². The van der Waals surface area contributed by atoms with E-state index in [2.05, 4.69) is 20.5 Å². The molecule has 3 N–H and O–H groups in total. The molecule has 1 saturated heterocycles. The van der Waals surface area contributed by atoms with Gasteiger partial charge >= 0.3 is 12.4 Å². The van der Waals surface area contributed by atoms with Gasteiger partial charge in [-0.05, 0) is 40.6 Å². The van der Waals surface area contributed by atoms with E-state index in [0.717, 1.165) is 17.4 Å². The van der Waals surface area contributed by atoms with Crippen molar-refractivity contribution in [3.63, 3.8) is 0 Å². The number of aliphatic hydroxyl groups is 1. The van der Waals surface area contributed by atoms with E-state index in [1.54, 1.807) is 23.1 Å². The first kappa shape index (κ1) is 27.1. The van der Waals surface area contributed by atoms with Crippen molar-refractivity contribution in [2.75, 3.05) is 31.1 Å². The molecule has 0 radical (unpaired) electrons. The standard InChI is InChI=1S/C25H21F6N5O2S/c26-24(27,28)16-3-1-14(19(9-16)25(29,30)31)8-18(13-2-4-20-15(7-13)10-33-35-20)21-22(38)34-23(39-21)36-6-5-32-11-17(36)12-37/h1-4,7,9-10,17,32,37-38H,5-6,8,11-12H2. The zero-order valence-electron chi connectivity index (χ0n) is 20.0. The number of nitrogens with zero attached hydrogens (tertiary/aromatic N) is 4. The molecular formula is C25H21F6N5O2S. The third-order valence-electron chi connectivity index (χ3n) is 6.53. The summed E-state index contributed by atoms with van der Waals surface area (Å²) in [6.07, 6.45) is -8.98. The summed E-state index contributed by atoms with van der Waals surface area (Å²) in [6.45, 7) is 1.35. The number of thiazole rings is 1.